The highest BCUT2D eigenvalue weighted by Gasteiger charge is 2.16. The number of rotatable bonds is 5. The van der Waals surface area contributed by atoms with E-state index in [0.29, 0.717) is 5.69 Å². The molecule has 112 valence electrons. The molecule has 0 radical (unpaired) electrons. The minimum absolute atomic E-state index is 0.0186. The monoisotopic (exact) mass is 290 g/mol. The second-order valence-corrected chi connectivity index (χ2v) is 4.99. The maximum Gasteiger partial charge on any atom is 0.146 e. The summed E-state index contributed by atoms with van der Waals surface area (Å²) in [5.74, 6) is -0.591. The van der Waals surface area contributed by atoms with Gasteiger partial charge in [-0.3, -0.25) is 0 Å². The second-order valence-electron chi connectivity index (χ2n) is 4.99. The average Bonchev–Trinajstić information content (AvgIpc) is 2.47. The van der Waals surface area contributed by atoms with E-state index in [1.165, 1.54) is 18.2 Å². The molecule has 0 spiro atoms. The zero-order chi connectivity index (χ0) is 15.4. The number of para-hydroxylation sites is 1. The molecule has 1 atom stereocenters. The molecule has 1 N–H and O–H groups in total. The Bertz CT molecular complexity index is 613. The summed E-state index contributed by atoms with van der Waals surface area (Å²) >= 11 is 0. The lowest BCUT2D eigenvalue weighted by molar-refractivity contribution is 0.582. The molecule has 2 nitrogen and oxygen atoms in total. The van der Waals surface area contributed by atoms with Crippen LogP contribution in [-0.4, -0.2) is 13.6 Å². The molecule has 2 rings (SSSR count). The van der Waals surface area contributed by atoms with Crippen LogP contribution in [0.15, 0.2) is 42.5 Å². The van der Waals surface area contributed by atoms with Crippen molar-refractivity contribution in [3.63, 3.8) is 0 Å². The molecule has 0 aliphatic carbocycles. The normalized spacial score (nSPS) is 12.2. The average molecular weight is 290 g/mol. The molecule has 2 aromatic carbocycles. The lowest BCUT2D eigenvalue weighted by atomic mass is 10.0. The van der Waals surface area contributed by atoms with Gasteiger partial charge in [0.25, 0.3) is 0 Å². The van der Waals surface area contributed by atoms with Crippen LogP contribution in [0.2, 0.25) is 0 Å². The molecule has 0 bridgehead atoms. The second kappa shape index (κ2) is 6.68. The molecule has 21 heavy (non-hydrogen) atoms. The third-order valence-electron chi connectivity index (χ3n) is 3.54. The van der Waals surface area contributed by atoms with Crippen molar-refractivity contribution in [3.8, 4) is 0 Å². The maximum atomic E-state index is 14.0. The molecule has 0 aliphatic heterocycles. The molecule has 0 amide bonds. The van der Waals surface area contributed by atoms with E-state index < -0.39 is 0 Å². The van der Waals surface area contributed by atoms with Gasteiger partial charge in [0.05, 0.1) is 5.69 Å². The van der Waals surface area contributed by atoms with E-state index in [1.807, 2.05) is 13.8 Å². The molecule has 0 aliphatic rings. The molecule has 0 saturated heterocycles. The molecule has 4 heteroatoms. The number of hydrogen-bond donors (Lipinski definition) is 1. The van der Waals surface area contributed by atoms with Crippen molar-refractivity contribution in [2.45, 2.75) is 19.9 Å². The van der Waals surface area contributed by atoms with Crippen LogP contribution in [0.25, 0.3) is 0 Å². The first-order valence-corrected chi connectivity index (χ1v) is 7.05. The zero-order valence-corrected chi connectivity index (χ0v) is 12.5. The number of hydrogen-bond acceptors (Lipinski definition) is 2. The molecular formula is C17H20F2N2. The molecule has 0 saturated carbocycles. The highest BCUT2D eigenvalue weighted by molar-refractivity contribution is 5.66. The van der Waals surface area contributed by atoms with Crippen LogP contribution >= 0.6 is 0 Å². The van der Waals surface area contributed by atoms with E-state index in [9.17, 15) is 8.78 Å². The molecule has 0 fully saturated rings. The number of nitrogens with zero attached hydrogens (tertiary/aromatic N) is 1. The Morgan fingerprint density at radius 3 is 2.48 bits per heavy atom. The third kappa shape index (κ3) is 3.39. The molecule has 0 heterocycles. The minimum atomic E-state index is -0.300. The largest absolute Gasteiger partial charge is 0.342 e. The lowest BCUT2D eigenvalue weighted by Crippen LogP contribution is -2.21. The van der Waals surface area contributed by atoms with Gasteiger partial charge in [-0.25, -0.2) is 8.78 Å². The van der Waals surface area contributed by atoms with Gasteiger partial charge >= 0.3 is 0 Å². The standard InChI is InChI=1S/C17H20F2N2/c1-4-20-12(2)14-11-13(18)9-10-16(14)21(3)17-8-6-5-7-15(17)19/h5-12,20H,4H2,1-3H3. The maximum absolute atomic E-state index is 14.0. The van der Waals surface area contributed by atoms with E-state index in [2.05, 4.69) is 5.32 Å². The summed E-state index contributed by atoms with van der Waals surface area (Å²) in [5, 5.41) is 3.26. The fourth-order valence-corrected chi connectivity index (χ4v) is 2.45. The van der Waals surface area contributed by atoms with Gasteiger partial charge in [0, 0.05) is 18.8 Å². The van der Waals surface area contributed by atoms with Crippen LogP contribution in [0.4, 0.5) is 20.2 Å². The van der Waals surface area contributed by atoms with Crippen LogP contribution in [0.1, 0.15) is 25.5 Å². The summed E-state index contributed by atoms with van der Waals surface area (Å²) < 4.78 is 27.5. The third-order valence-corrected chi connectivity index (χ3v) is 3.54. The van der Waals surface area contributed by atoms with Crippen LogP contribution < -0.4 is 10.2 Å². The highest BCUT2D eigenvalue weighted by Crippen LogP contribution is 2.32. The smallest absolute Gasteiger partial charge is 0.146 e. The summed E-state index contributed by atoms with van der Waals surface area (Å²) in [6.45, 7) is 4.74. The summed E-state index contributed by atoms with van der Waals surface area (Å²) in [6.07, 6.45) is 0. The van der Waals surface area contributed by atoms with Gasteiger partial charge in [-0.15, -0.1) is 0 Å². The fourth-order valence-electron chi connectivity index (χ4n) is 2.45. The van der Waals surface area contributed by atoms with Gasteiger partial charge in [-0.1, -0.05) is 19.1 Å². The first kappa shape index (κ1) is 15.4. The van der Waals surface area contributed by atoms with E-state index in [-0.39, 0.29) is 17.7 Å². The van der Waals surface area contributed by atoms with Crippen molar-refractivity contribution in [3.05, 3.63) is 59.7 Å². The van der Waals surface area contributed by atoms with E-state index in [0.717, 1.165) is 17.8 Å². The Labute approximate surface area is 124 Å². The Balaban J connectivity index is 2.45. The predicted octanol–water partition coefficient (Wildman–Crippen LogP) is 4.40. The lowest BCUT2D eigenvalue weighted by Gasteiger charge is -2.26. The van der Waals surface area contributed by atoms with Crippen molar-refractivity contribution in [2.24, 2.45) is 0 Å². The van der Waals surface area contributed by atoms with Crippen LogP contribution in [0, 0.1) is 11.6 Å². The number of halogens is 2. The molecule has 2 aromatic rings. The van der Waals surface area contributed by atoms with Crippen molar-refractivity contribution < 1.29 is 8.78 Å². The Hall–Kier alpha value is -1.94. The van der Waals surface area contributed by atoms with E-state index in [4.69, 9.17) is 0 Å². The number of benzene rings is 2. The van der Waals surface area contributed by atoms with Crippen molar-refractivity contribution in [1.29, 1.82) is 0 Å². The van der Waals surface area contributed by atoms with Gasteiger partial charge in [-0.2, -0.15) is 0 Å². The van der Waals surface area contributed by atoms with Crippen LogP contribution in [0.5, 0.6) is 0 Å². The van der Waals surface area contributed by atoms with Gasteiger partial charge < -0.3 is 10.2 Å². The SMILES string of the molecule is CCNC(C)c1cc(F)ccc1N(C)c1ccccc1F. The molecular weight excluding hydrogens is 270 g/mol. The minimum Gasteiger partial charge on any atom is -0.342 e. The van der Waals surface area contributed by atoms with Gasteiger partial charge in [0.15, 0.2) is 0 Å². The highest BCUT2D eigenvalue weighted by atomic mass is 19.1. The Morgan fingerprint density at radius 1 is 1.10 bits per heavy atom. The van der Waals surface area contributed by atoms with Crippen molar-refractivity contribution >= 4 is 11.4 Å². The topological polar surface area (TPSA) is 15.3 Å². The van der Waals surface area contributed by atoms with Crippen molar-refractivity contribution in [1.82, 2.24) is 5.32 Å². The summed E-state index contributed by atoms with van der Waals surface area (Å²) in [6, 6.07) is 11.1. The number of nitrogens with one attached hydrogen (secondary N) is 1. The summed E-state index contributed by atoms with van der Waals surface area (Å²) in [5.41, 5.74) is 2.06. The molecule has 0 aromatic heterocycles. The van der Waals surface area contributed by atoms with E-state index >= 15 is 0 Å². The zero-order valence-electron chi connectivity index (χ0n) is 12.5. The van der Waals surface area contributed by atoms with Gasteiger partial charge in [0.2, 0.25) is 0 Å². The Morgan fingerprint density at radius 2 is 1.81 bits per heavy atom. The Kier molecular flexibility index (Phi) is 4.91. The first-order valence-electron chi connectivity index (χ1n) is 7.05. The number of anilines is 2. The first-order chi connectivity index (χ1) is 10.0. The summed E-state index contributed by atoms with van der Waals surface area (Å²) in [4.78, 5) is 1.75. The van der Waals surface area contributed by atoms with Crippen LogP contribution in [-0.2, 0) is 0 Å². The fraction of sp³-hybridized carbons (Fsp3) is 0.294. The van der Waals surface area contributed by atoms with Crippen molar-refractivity contribution in [2.75, 3.05) is 18.5 Å². The van der Waals surface area contributed by atoms with Gasteiger partial charge in [0.1, 0.15) is 11.6 Å². The van der Waals surface area contributed by atoms with E-state index in [1.54, 1.807) is 36.2 Å². The molecule has 1 unspecified atom stereocenters. The summed E-state index contributed by atoms with van der Waals surface area (Å²) in [7, 11) is 1.79. The van der Waals surface area contributed by atoms with Crippen LogP contribution in [0.3, 0.4) is 0 Å². The predicted molar refractivity (Wildman–Crippen MR) is 83.0 cm³/mol. The quantitative estimate of drug-likeness (QED) is 0.878. The van der Waals surface area contributed by atoms with Gasteiger partial charge in [-0.05, 0) is 49.4 Å².